The molecular weight excluding hydrogens is 475 g/mol. The van der Waals surface area contributed by atoms with Crippen molar-refractivity contribution in [3.8, 4) is 17.4 Å². The smallest absolute Gasteiger partial charge is 0.353 e. The van der Waals surface area contributed by atoms with Crippen molar-refractivity contribution in [2.75, 3.05) is 13.7 Å². The van der Waals surface area contributed by atoms with Crippen molar-refractivity contribution >= 4 is 39.9 Å². The summed E-state index contributed by atoms with van der Waals surface area (Å²) in [6.07, 6.45) is 5.27. The molecule has 0 atom stereocenters. The van der Waals surface area contributed by atoms with Gasteiger partial charge < -0.3 is 14.0 Å². The van der Waals surface area contributed by atoms with Gasteiger partial charge >= 0.3 is 11.6 Å². The molecular formula is C19H18Cl2N8O4. The molecule has 0 aliphatic carbocycles. The Balaban J connectivity index is 1.54. The Morgan fingerprint density at radius 1 is 1.15 bits per heavy atom. The number of aromatic nitrogens is 7. The highest BCUT2D eigenvalue weighted by molar-refractivity contribution is 6.35. The standard InChI is InChI=1S/C19H18Cl2N8O4/c1-10-15(29(30)31)18(26-28(10)14-8-22-11(2)24-17(14)32-3)33-6-4-5-27-9-13(20)12-7-23-19(21)25-16(12)27/h7-9H,4-6H2,1-3H3. The van der Waals surface area contributed by atoms with Gasteiger partial charge in [-0.25, -0.2) is 14.6 Å². The molecule has 0 amide bonds. The van der Waals surface area contributed by atoms with Crippen LogP contribution in [-0.2, 0) is 6.54 Å². The summed E-state index contributed by atoms with van der Waals surface area (Å²) in [4.78, 5) is 27.6. The van der Waals surface area contributed by atoms with Crippen molar-refractivity contribution in [1.29, 1.82) is 0 Å². The van der Waals surface area contributed by atoms with Crippen LogP contribution in [0.5, 0.6) is 11.8 Å². The highest BCUT2D eigenvalue weighted by Gasteiger charge is 2.29. The quantitative estimate of drug-likeness (QED) is 0.156. The maximum Gasteiger partial charge on any atom is 0.353 e. The van der Waals surface area contributed by atoms with E-state index in [1.807, 2.05) is 4.57 Å². The molecule has 4 rings (SSSR count). The summed E-state index contributed by atoms with van der Waals surface area (Å²) in [5.41, 5.74) is 0.975. The molecule has 0 N–H and O–H groups in total. The molecule has 0 unspecified atom stereocenters. The van der Waals surface area contributed by atoms with Gasteiger partial charge in [-0.15, -0.1) is 5.10 Å². The Bertz CT molecular complexity index is 1350. The van der Waals surface area contributed by atoms with E-state index < -0.39 is 4.92 Å². The van der Waals surface area contributed by atoms with E-state index >= 15 is 0 Å². The van der Waals surface area contributed by atoms with E-state index in [2.05, 4.69) is 25.0 Å². The van der Waals surface area contributed by atoms with Crippen LogP contribution in [-0.4, -0.2) is 52.9 Å². The van der Waals surface area contributed by atoms with Crippen LogP contribution in [0, 0.1) is 24.0 Å². The number of nitrogens with zero attached hydrogens (tertiary/aromatic N) is 8. The number of nitro groups is 1. The minimum atomic E-state index is -0.534. The van der Waals surface area contributed by atoms with Crippen molar-refractivity contribution in [2.45, 2.75) is 26.8 Å². The zero-order valence-electron chi connectivity index (χ0n) is 17.8. The highest BCUT2D eigenvalue weighted by Crippen LogP contribution is 2.33. The third kappa shape index (κ3) is 4.39. The lowest BCUT2D eigenvalue weighted by molar-refractivity contribution is -0.386. The Kier molecular flexibility index (Phi) is 6.29. The summed E-state index contributed by atoms with van der Waals surface area (Å²) in [5.74, 6) is 0.628. The number of ether oxygens (including phenoxy) is 2. The molecule has 0 spiro atoms. The van der Waals surface area contributed by atoms with E-state index in [0.717, 1.165) is 0 Å². The lowest BCUT2D eigenvalue weighted by atomic mass is 10.3. The van der Waals surface area contributed by atoms with E-state index in [4.69, 9.17) is 32.7 Å². The molecule has 12 nitrogen and oxygen atoms in total. The Hall–Kier alpha value is -3.51. The van der Waals surface area contributed by atoms with E-state index in [1.54, 1.807) is 26.2 Å². The van der Waals surface area contributed by atoms with Crippen LogP contribution in [0.4, 0.5) is 5.69 Å². The van der Waals surface area contributed by atoms with E-state index in [1.165, 1.54) is 18.0 Å². The first-order valence-electron chi connectivity index (χ1n) is 9.71. The largest absolute Gasteiger partial charge is 0.479 e. The molecule has 0 radical (unpaired) electrons. The lowest BCUT2D eigenvalue weighted by Gasteiger charge is -2.08. The third-order valence-corrected chi connectivity index (χ3v) is 5.32. The molecule has 4 aromatic rings. The number of halogens is 2. The fourth-order valence-corrected chi connectivity index (χ4v) is 3.71. The Labute approximate surface area is 197 Å². The molecule has 0 aliphatic rings. The Morgan fingerprint density at radius 2 is 1.94 bits per heavy atom. The van der Waals surface area contributed by atoms with Gasteiger partial charge in [0.2, 0.25) is 11.2 Å². The lowest BCUT2D eigenvalue weighted by Crippen LogP contribution is -2.07. The number of rotatable bonds is 8. The van der Waals surface area contributed by atoms with Gasteiger partial charge in [0.15, 0.2) is 0 Å². The number of hydrogen-bond acceptors (Lipinski definition) is 9. The van der Waals surface area contributed by atoms with Crippen LogP contribution in [0.2, 0.25) is 10.3 Å². The predicted molar refractivity (Wildman–Crippen MR) is 119 cm³/mol. The third-order valence-electron chi connectivity index (χ3n) is 4.83. The van der Waals surface area contributed by atoms with Gasteiger partial charge in [0, 0.05) is 18.9 Å². The van der Waals surface area contributed by atoms with Crippen LogP contribution in [0.1, 0.15) is 17.9 Å². The van der Waals surface area contributed by atoms with Gasteiger partial charge in [0.1, 0.15) is 22.9 Å². The second kappa shape index (κ2) is 9.16. The summed E-state index contributed by atoms with van der Waals surface area (Å²) in [7, 11) is 1.45. The zero-order chi connectivity index (χ0) is 23.7. The first-order chi connectivity index (χ1) is 15.8. The molecule has 0 saturated heterocycles. The molecule has 0 saturated carbocycles. The SMILES string of the molecule is COc1nc(C)ncc1-n1nc(OCCCn2cc(Cl)c3cnc(Cl)nc32)c([N+](=O)[O-])c1C. The molecule has 4 heterocycles. The van der Waals surface area contributed by atoms with Gasteiger partial charge in [0.05, 0.1) is 35.2 Å². The molecule has 0 fully saturated rings. The van der Waals surface area contributed by atoms with Crippen molar-refractivity contribution < 1.29 is 14.4 Å². The molecule has 172 valence electrons. The Morgan fingerprint density at radius 3 is 2.67 bits per heavy atom. The predicted octanol–water partition coefficient (Wildman–Crippen LogP) is 3.72. The molecule has 0 bridgehead atoms. The number of hydrogen-bond donors (Lipinski definition) is 0. The molecule has 33 heavy (non-hydrogen) atoms. The van der Waals surface area contributed by atoms with Gasteiger partial charge in [0.25, 0.3) is 0 Å². The monoisotopic (exact) mass is 492 g/mol. The van der Waals surface area contributed by atoms with E-state index in [-0.39, 0.29) is 35.0 Å². The van der Waals surface area contributed by atoms with Gasteiger partial charge in [-0.3, -0.25) is 10.1 Å². The van der Waals surface area contributed by atoms with E-state index in [9.17, 15) is 10.1 Å². The average molecular weight is 493 g/mol. The fourth-order valence-electron chi connectivity index (χ4n) is 3.33. The van der Waals surface area contributed by atoms with Crippen LogP contribution in [0.3, 0.4) is 0 Å². The summed E-state index contributed by atoms with van der Waals surface area (Å²) in [6, 6.07) is 0. The van der Waals surface area contributed by atoms with Crippen LogP contribution in [0.15, 0.2) is 18.6 Å². The zero-order valence-corrected chi connectivity index (χ0v) is 19.3. The van der Waals surface area contributed by atoms with Gasteiger partial charge in [-0.1, -0.05) is 11.6 Å². The second-order valence-electron chi connectivity index (χ2n) is 6.97. The first-order valence-corrected chi connectivity index (χ1v) is 10.5. The fraction of sp³-hybridized carbons (Fsp3) is 0.316. The maximum absolute atomic E-state index is 11.7. The van der Waals surface area contributed by atoms with Crippen molar-refractivity contribution in [2.24, 2.45) is 0 Å². The average Bonchev–Trinajstić information content (AvgIpc) is 3.27. The van der Waals surface area contributed by atoms with Crippen LogP contribution in [0.25, 0.3) is 16.7 Å². The van der Waals surface area contributed by atoms with Crippen molar-refractivity contribution in [3.05, 3.63) is 50.5 Å². The minimum absolute atomic E-state index is 0.110. The van der Waals surface area contributed by atoms with Gasteiger partial charge in [-0.05, 0) is 31.9 Å². The highest BCUT2D eigenvalue weighted by atomic mass is 35.5. The second-order valence-corrected chi connectivity index (χ2v) is 7.71. The summed E-state index contributed by atoms with van der Waals surface area (Å²) >= 11 is 12.1. The van der Waals surface area contributed by atoms with Gasteiger partial charge in [-0.2, -0.15) is 9.97 Å². The summed E-state index contributed by atoms with van der Waals surface area (Å²) in [6.45, 7) is 3.92. The molecule has 0 aliphatic heterocycles. The normalized spacial score (nSPS) is 11.2. The summed E-state index contributed by atoms with van der Waals surface area (Å²) in [5, 5.41) is 17.3. The van der Waals surface area contributed by atoms with Crippen LogP contribution >= 0.6 is 23.2 Å². The van der Waals surface area contributed by atoms with Crippen molar-refractivity contribution in [1.82, 2.24) is 34.3 Å². The van der Waals surface area contributed by atoms with Crippen LogP contribution < -0.4 is 9.47 Å². The first kappa shape index (κ1) is 22.7. The molecule has 14 heteroatoms. The summed E-state index contributed by atoms with van der Waals surface area (Å²) < 4.78 is 14.1. The molecule has 0 aromatic carbocycles. The van der Waals surface area contributed by atoms with E-state index in [0.29, 0.717) is 40.5 Å². The maximum atomic E-state index is 11.7. The minimum Gasteiger partial charge on any atom is -0.479 e. The number of aryl methyl sites for hydroxylation is 2. The topological polar surface area (TPSA) is 136 Å². The number of fused-ring (bicyclic) bond motifs is 1. The number of methoxy groups -OCH3 is 1. The van der Waals surface area contributed by atoms with Crippen molar-refractivity contribution in [3.63, 3.8) is 0 Å². The molecule has 4 aromatic heterocycles.